The highest BCUT2D eigenvalue weighted by atomic mass is 19.4. The molecule has 188 valence electrons. The first-order valence-electron chi connectivity index (χ1n) is 11.1. The minimum atomic E-state index is -4.41. The Bertz CT molecular complexity index is 1230. The molecule has 1 atom stereocenters. The maximum Gasteiger partial charge on any atom is 0.416 e. The molecule has 0 radical (unpaired) electrons. The van der Waals surface area contributed by atoms with Gasteiger partial charge in [0.1, 0.15) is 5.75 Å². The van der Waals surface area contributed by atoms with Crippen molar-refractivity contribution < 1.29 is 27.6 Å². The number of halogens is 3. The molecule has 0 N–H and O–H groups in total. The number of hydrogen-bond donors (Lipinski definition) is 0. The molecule has 36 heavy (non-hydrogen) atoms. The van der Waals surface area contributed by atoms with Crippen molar-refractivity contribution in [3.63, 3.8) is 0 Å². The predicted molar refractivity (Wildman–Crippen MR) is 127 cm³/mol. The van der Waals surface area contributed by atoms with Gasteiger partial charge in [0.05, 0.1) is 24.4 Å². The molecule has 2 aromatic carbocycles. The Morgan fingerprint density at radius 3 is 2.47 bits per heavy atom. The number of carbonyl (C=O) groups excluding carboxylic acids is 1. The van der Waals surface area contributed by atoms with Gasteiger partial charge in [-0.05, 0) is 51.7 Å². The lowest BCUT2D eigenvalue weighted by molar-refractivity contribution is -0.389. The number of alkyl halides is 3. The van der Waals surface area contributed by atoms with Crippen molar-refractivity contribution in [2.45, 2.75) is 18.6 Å². The lowest BCUT2D eigenvalue weighted by Gasteiger charge is -2.40. The highest BCUT2D eigenvalue weighted by Gasteiger charge is 2.30. The van der Waals surface area contributed by atoms with E-state index in [2.05, 4.69) is 4.98 Å². The Kier molecular flexibility index (Phi) is 7.09. The van der Waals surface area contributed by atoms with E-state index in [9.17, 15) is 28.1 Å². The van der Waals surface area contributed by atoms with Crippen LogP contribution in [0.1, 0.15) is 11.1 Å². The largest absolute Gasteiger partial charge is 0.496 e. The van der Waals surface area contributed by atoms with Gasteiger partial charge in [0.25, 0.3) is 0 Å². The van der Waals surface area contributed by atoms with Crippen LogP contribution in [0.15, 0.2) is 60.8 Å². The number of anilines is 1. The van der Waals surface area contributed by atoms with Gasteiger partial charge in [-0.1, -0.05) is 24.3 Å². The molecule has 1 aliphatic rings. The number of rotatable bonds is 7. The van der Waals surface area contributed by atoms with Crippen molar-refractivity contribution in [3.05, 3.63) is 82.0 Å². The number of ether oxygens (including phenoxy) is 1. The van der Waals surface area contributed by atoms with E-state index in [1.165, 1.54) is 31.5 Å². The van der Waals surface area contributed by atoms with Gasteiger partial charge in [0, 0.05) is 31.3 Å². The number of nitro groups is 1. The Labute approximate surface area is 205 Å². The number of benzene rings is 2. The predicted octanol–water partition coefficient (Wildman–Crippen LogP) is 4.57. The Morgan fingerprint density at radius 2 is 1.89 bits per heavy atom. The highest BCUT2D eigenvalue weighted by Crippen LogP contribution is 2.35. The van der Waals surface area contributed by atoms with Crippen molar-refractivity contribution >= 4 is 17.9 Å². The van der Waals surface area contributed by atoms with E-state index in [-0.39, 0.29) is 11.9 Å². The first-order valence-corrected chi connectivity index (χ1v) is 11.1. The molecule has 11 heteroatoms. The fourth-order valence-electron chi connectivity index (χ4n) is 4.31. The normalized spacial score (nSPS) is 16.1. The molecular weight excluding hydrogens is 477 g/mol. The van der Waals surface area contributed by atoms with Crippen LogP contribution in [0.2, 0.25) is 0 Å². The van der Waals surface area contributed by atoms with Crippen molar-refractivity contribution in [3.8, 4) is 16.9 Å². The van der Waals surface area contributed by atoms with Crippen LogP contribution in [-0.2, 0) is 17.4 Å². The molecule has 0 spiro atoms. The van der Waals surface area contributed by atoms with Crippen molar-refractivity contribution in [1.82, 2.24) is 9.88 Å². The van der Waals surface area contributed by atoms with Crippen molar-refractivity contribution in [2.75, 3.05) is 31.6 Å². The SMILES string of the molecule is COc1cc(CC2CN(c3ccc([N+](=O)[O-])nc3)CCN2C=O)ccc1-c1ccc(C(F)(F)F)cc1. The van der Waals surface area contributed by atoms with E-state index in [0.717, 1.165) is 29.8 Å². The third-order valence-electron chi connectivity index (χ3n) is 6.21. The van der Waals surface area contributed by atoms with Crippen LogP contribution >= 0.6 is 0 Å². The van der Waals surface area contributed by atoms with Gasteiger partial charge in [0.2, 0.25) is 6.41 Å². The summed E-state index contributed by atoms with van der Waals surface area (Å²) in [5.41, 5.74) is 2.15. The molecule has 1 aromatic heterocycles. The number of hydrogen-bond acceptors (Lipinski definition) is 6. The summed E-state index contributed by atoms with van der Waals surface area (Å²) >= 11 is 0. The smallest absolute Gasteiger partial charge is 0.416 e. The fourth-order valence-corrected chi connectivity index (χ4v) is 4.31. The maximum atomic E-state index is 12.9. The van der Waals surface area contributed by atoms with Crippen LogP contribution in [0.5, 0.6) is 5.75 Å². The third-order valence-corrected chi connectivity index (χ3v) is 6.21. The summed E-state index contributed by atoms with van der Waals surface area (Å²) in [6, 6.07) is 13.2. The van der Waals surface area contributed by atoms with Crippen LogP contribution in [0.25, 0.3) is 11.1 Å². The minimum absolute atomic E-state index is 0.173. The second kappa shape index (κ2) is 10.2. The number of aromatic nitrogens is 1. The molecule has 0 saturated carbocycles. The molecule has 1 unspecified atom stereocenters. The van der Waals surface area contributed by atoms with Gasteiger partial charge in [-0.2, -0.15) is 13.2 Å². The monoisotopic (exact) mass is 500 g/mol. The first-order chi connectivity index (χ1) is 17.2. The number of nitrogens with zero attached hydrogens (tertiary/aromatic N) is 4. The first kappa shape index (κ1) is 25.0. The second-order valence-corrected chi connectivity index (χ2v) is 8.39. The van der Waals surface area contributed by atoms with Crippen molar-refractivity contribution in [2.24, 2.45) is 0 Å². The van der Waals surface area contributed by atoms with Crippen LogP contribution in [0, 0.1) is 10.1 Å². The maximum absolute atomic E-state index is 12.9. The Balaban J connectivity index is 1.53. The van der Waals surface area contributed by atoms with E-state index in [4.69, 9.17) is 4.74 Å². The number of piperazine rings is 1. The van der Waals surface area contributed by atoms with E-state index >= 15 is 0 Å². The number of pyridine rings is 1. The molecule has 1 saturated heterocycles. The standard InChI is InChI=1S/C25H23F3N4O4/c1-36-23-13-17(2-8-22(23)18-3-5-19(6-4-18)25(26,27)28)12-21-15-30(10-11-31(21)16-33)20-7-9-24(29-14-20)32(34)35/h2-9,13-14,16,21H,10-12,15H2,1H3. The van der Waals surface area contributed by atoms with Gasteiger partial charge in [-0.25, -0.2) is 0 Å². The van der Waals surface area contributed by atoms with Gasteiger partial charge >= 0.3 is 12.0 Å². The highest BCUT2D eigenvalue weighted by molar-refractivity contribution is 5.71. The topological polar surface area (TPSA) is 88.8 Å². The summed E-state index contributed by atoms with van der Waals surface area (Å²) in [5, 5.41) is 10.9. The minimum Gasteiger partial charge on any atom is -0.496 e. The number of methoxy groups -OCH3 is 1. The Morgan fingerprint density at radius 1 is 1.14 bits per heavy atom. The molecule has 1 aliphatic heterocycles. The lowest BCUT2D eigenvalue weighted by atomic mass is 9.97. The second-order valence-electron chi connectivity index (χ2n) is 8.39. The van der Waals surface area contributed by atoms with E-state index < -0.39 is 16.7 Å². The van der Waals surface area contributed by atoms with Crippen LogP contribution in [-0.4, -0.2) is 54.0 Å². The molecule has 1 fully saturated rings. The molecule has 2 heterocycles. The third kappa shape index (κ3) is 5.40. The van der Waals surface area contributed by atoms with Gasteiger partial charge in [-0.15, -0.1) is 0 Å². The average molecular weight is 500 g/mol. The average Bonchev–Trinajstić information content (AvgIpc) is 2.88. The quantitative estimate of drug-likeness (QED) is 0.268. The summed E-state index contributed by atoms with van der Waals surface area (Å²) in [6.07, 6.45) is -1.63. The van der Waals surface area contributed by atoms with Crippen molar-refractivity contribution in [1.29, 1.82) is 0 Å². The zero-order valence-electron chi connectivity index (χ0n) is 19.3. The molecule has 4 rings (SSSR count). The molecule has 0 bridgehead atoms. The summed E-state index contributed by atoms with van der Waals surface area (Å²) in [7, 11) is 1.49. The van der Waals surface area contributed by atoms with Crippen LogP contribution < -0.4 is 9.64 Å². The molecular formula is C25H23F3N4O4. The number of amides is 1. The molecule has 1 amide bonds. The van der Waals surface area contributed by atoms with Crippen LogP contribution in [0.4, 0.5) is 24.7 Å². The summed E-state index contributed by atoms with van der Waals surface area (Å²) in [4.78, 5) is 29.6. The summed E-state index contributed by atoms with van der Waals surface area (Å²) in [6.45, 7) is 1.54. The molecule has 8 nitrogen and oxygen atoms in total. The zero-order chi connectivity index (χ0) is 25.9. The molecule has 3 aromatic rings. The van der Waals surface area contributed by atoms with Gasteiger partial charge in [0.15, 0.2) is 6.20 Å². The van der Waals surface area contributed by atoms with Crippen LogP contribution in [0.3, 0.4) is 0 Å². The number of carbonyl (C=O) groups is 1. The van der Waals surface area contributed by atoms with E-state index in [1.54, 1.807) is 17.0 Å². The van der Waals surface area contributed by atoms with E-state index in [0.29, 0.717) is 42.9 Å². The van der Waals surface area contributed by atoms with Gasteiger partial charge in [-0.3, -0.25) is 4.79 Å². The molecule has 0 aliphatic carbocycles. The van der Waals surface area contributed by atoms with Gasteiger partial charge < -0.3 is 24.7 Å². The lowest BCUT2D eigenvalue weighted by Crippen LogP contribution is -2.53. The summed E-state index contributed by atoms with van der Waals surface area (Å²) in [5.74, 6) is 0.277. The zero-order valence-corrected chi connectivity index (χ0v) is 19.3. The fraction of sp³-hybridized carbons (Fsp3) is 0.280. The Hall–Kier alpha value is -4.15. The summed E-state index contributed by atoms with van der Waals surface area (Å²) < 4.78 is 44.2. The van der Waals surface area contributed by atoms with E-state index in [1.807, 2.05) is 17.0 Å².